The topological polar surface area (TPSA) is 61.8 Å². The number of benzene rings is 2. The smallest absolute Gasteiger partial charge is 0.234 e. The van der Waals surface area contributed by atoms with Gasteiger partial charge in [0.15, 0.2) is 0 Å². The molecule has 156 valence electrons. The molecule has 29 heavy (non-hydrogen) atoms. The van der Waals surface area contributed by atoms with E-state index in [9.17, 15) is 14.3 Å². The van der Waals surface area contributed by atoms with E-state index in [-0.39, 0.29) is 24.9 Å². The predicted octanol–water partition coefficient (Wildman–Crippen LogP) is 3.39. The molecule has 2 aromatic rings. The van der Waals surface area contributed by atoms with Crippen LogP contribution in [0.3, 0.4) is 0 Å². The summed E-state index contributed by atoms with van der Waals surface area (Å²) in [6, 6.07) is 13.2. The number of hydrogen-bond donors (Lipinski definition) is 2. The fraction of sp³-hybridized carbons (Fsp3) is 0.409. The van der Waals surface area contributed by atoms with Gasteiger partial charge in [0.2, 0.25) is 5.91 Å². The van der Waals surface area contributed by atoms with Gasteiger partial charge in [0.25, 0.3) is 0 Å². The minimum atomic E-state index is -0.929. The van der Waals surface area contributed by atoms with Gasteiger partial charge < -0.3 is 15.2 Å². The Balaban J connectivity index is 1.43. The minimum absolute atomic E-state index is 0.0880. The third-order valence-electron chi connectivity index (χ3n) is 5.08. The van der Waals surface area contributed by atoms with Crippen molar-refractivity contribution in [1.29, 1.82) is 0 Å². The summed E-state index contributed by atoms with van der Waals surface area (Å²) < 4.78 is 18.7. The maximum Gasteiger partial charge on any atom is 0.234 e. The number of ether oxygens (including phenoxy) is 1. The number of carbonyl (C=O) groups is 1. The van der Waals surface area contributed by atoms with E-state index in [2.05, 4.69) is 5.32 Å². The van der Waals surface area contributed by atoms with Crippen LogP contribution in [0.4, 0.5) is 4.39 Å². The van der Waals surface area contributed by atoms with Crippen molar-refractivity contribution in [1.82, 2.24) is 10.2 Å². The molecule has 1 amide bonds. The SMILES string of the molecule is O=C(CN1CCCC(O)(COc2cccc(Cl)c2)CC1)NCc1ccc(F)cc1. The average molecular weight is 421 g/mol. The highest BCUT2D eigenvalue weighted by Crippen LogP contribution is 2.25. The third-order valence-corrected chi connectivity index (χ3v) is 5.32. The molecule has 1 saturated heterocycles. The Kier molecular flexibility index (Phi) is 7.47. The molecule has 5 nitrogen and oxygen atoms in total. The highest BCUT2D eigenvalue weighted by molar-refractivity contribution is 6.30. The Labute approximate surface area is 175 Å². The molecule has 0 aliphatic carbocycles. The van der Waals surface area contributed by atoms with Crippen molar-refractivity contribution < 1.29 is 19.0 Å². The lowest BCUT2D eigenvalue weighted by molar-refractivity contribution is -0.122. The first-order valence-corrected chi connectivity index (χ1v) is 10.1. The maximum absolute atomic E-state index is 12.9. The van der Waals surface area contributed by atoms with Crippen molar-refractivity contribution in [2.75, 3.05) is 26.2 Å². The second-order valence-electron chi connectivity index (χ2n) is 7.50. The molecule has 1 heterocycles. The number of amides is 1. The number of nitrogens with zero attached hydrogens (tertiary/aromatic N) is 1. The Morgan fingerprint density at radius 2 is 2.00 bits per heavy atom. The van der Waals surface area contributed by atoms with Crippen LogP contribution in [0.5, 0.6) is 5.75 Å². The molecule has 7 heteroatoms. The summed E-state index contributed by atoms with van der Waals surface area (Å²) in [6.45, 7) is 2.18. The van der Waals surface area contributed by atoms with E-state index in [4.69, 9.17) is 16.3 Å². The van der Waals surface area contributed by atoms with Crippen LogP contribution in [0.2, 0.25) is 5.02 Å². The van der Waals surface area contributed by atoms with Crippen molar-refractivity contribution in [3.63, 3.8) is 0 Å². The number of carbonyl (C=O) groups excluding carboxylic acids is 1. The second-order valence-corrected chi connectivity index (χ2v) is 7.94. The molecular formula is C22H26ClFN2O3. The highest BCUT2D eigenvalue weighted by Gasteiger charge is 2.31. The van der Waals surface area contributed by atoms with Gasteiger partial charge in [-0.2, -0.15) is 0 Å². The number of likely N-dealkylation sites (tertiary alicyclic amines) is 1. The lowest BCUT2D eigenvalue weighted by Crippen LogP contribution is -2.40. The summed E-state index contributed by atoms with van der Waals surface area (Å²) in [5, 5.41) is 14.3. The van der Waals surface area contributed by atoms with Crippen molar-refractivity contribution in [3.05, 3.63) is 64.9 Å². The van der Waals surface area contributed by atoms with Crippen molar-refractivity contribution in [2.24, 2.45) is 0 Å². The summed E-state index contributed by atoms with van der Waals surface area (Å²) in [6.07, 6.45) is 1.92. The van der Waals surface area contributed by atoms with Gasteiger partial charge in [-0.05, 0) is 61.7 Å². The Morgan fingerprint density at radius 3 is 2.76 bits per heavy atom. The van der Waals surface area contributed by atoms with Crippen LogP contribution in [0.25, 0.3) is 0 Å². The molecule has 2 aromatic carbocycles. The number of aliphatic hydroxyl groups is 1. The zero-order valence-corrected chi connectivity index (χ0v) is 17.0. The largest absolute Gasteiger partial charge is 0.491 e. The second kappa shape index (κ2) is 10.1. The molecule has 0 saturated carbocycles. The van der Waals surface area contributed by atoms with E-state index in [0.717, 1.165) is 18.5 Å². The van der Waals surface area contributed by atoms with Crippen molar-refractivity contribution in [3.8, 4) is 5.75 Å². The summed E-state index contributed by atoms with van der Waals surface area (Å²) in [5.74, 6) is 0.249. The Morgan fingerprint density at radius 1 is 1.21 bits per heavy atom. The fourth-order valence-corrected chi connectivity index (χ4v) is 3.55. The molecule has 0 radical (unpaired) electrons. The average Bonchev–Trinajstić information content (AvgIpc) is 2.88. The van der Waals surface area contributed by atoms with E-state index in [1.54, 1.807) is 30.3 Å². The van der Waals surface area contributed by atoms with Gasteiger partial charge in [-0.1, -0.05) is 29.8 Å². The van der Waals surface area contributed by atoms with Crippen LogP contribution in [0.15, 0.2) is 48.5 Å². The standard InChI is InChI=1S/C22H26ClFN2O3/c23-18-3-1-4-20(13-18)29-16-22(28)9-2-11-26(12-10-22)15-21(27)25-14-17-5-7-19(24)8-6-17/h1,3-8,13,28H,2,9-12,14-16H2,(H,25,27). The number of rotatable bonds is 7. The highest BCUT2D eigenvalue weighted by atomic mass is 35.5. The van der Waals surface area contributed by atoms with Crippen molar-refractivity contribution >= 4 is 17.5 Å². The molecule has 0 aromatic heterocycles. The maximum atomic E-state index is 12.9. The van der Waals surface area contributed by atoms with Gasteiger partial charge in [-0.25, -0.2) is 4.39 Å². The lowest BCUT2D eigenvalue weighted by Gasteiger charge is -2.27. The van der Waals surface area contributed by atoms with Gasteiger partial charge in [0.1, 0.15) is 18.2 Å². The molecule has 1 aliphatic rings. The quantitative estimate of drug-likeness (QED) is 0.720. The zero-order chi connectivity index (χ0) is 20.7. The normalized spacial score (nSPS) is 20.1. The van der Waals surface area contributed by atoms with Gasteiger partial charge >= 0.3 is 0 Å². The third kappa shape index (κ3) is 6.99. The van der Waals surface area contributed by atoms with Crippen LogP contribution >= 0.6 is 11.6 Å². The van der Waals surface area contributed by atoms with Crippen LogP contribution < -0.4 is 10.1 Å². The van der Waals surface area contributed by atoms with Crippen LogP contribution in [0, 0.1) is 5.82 Å². The molecule has 1 unspecified atom stereocenters. The minimum Gasteiger partial charge on any atom is -0.491 e. The van der Waals surface area contributed by atoms with Gasteiger partial charge in [0.05, 0.1) is 12.1 Å². The Hall–Kier alpha value is -2.15. The molecule has 1 aliphatic heterocycles. The van der Waals surface area contributed by atoms with E-state index >= 15 is 0 Å². The summed E-state index contributed by atoms with van der Waals surface area (Å²) in [4.78, 5) is 14.3. The molecule has 3 rings (SSSR count). The van der Waals surface area contributed by atoms with E-state index in [0.29, 0.717) is 36.7 Å². The molecule has 0 spiro atoms. The molecule has 0 bridgehead atoms. The Bertz CT molecular complexity index is 818. The summed E-state index contributed by atoms with van der Waals surface area (Å²) >= 11 is 5.96. The van der Waals surface area contributed by atoms with Gasteiger partial charge in [-0.3, -0.25) is 9.69 Å². The first kappa shape index (κ1) is 21.6. The zero-order valence-electron chi connectivity index (χ0n) is 16.2. The monoisotopic (exact) mass is 420 g/mol. The molecule has 1 fully saturated rings. The molecule has 1 atom stereocenters. The predicted molar refractivity (Wildman–Crippen MR) is 110 cm³/mol. The number of halogens is 2. The summed E-state index contributed by atoms with van der Waals surface area (Å²) in [5.41, 5.74) is -0.0788. The van der Waals surface area contributed by atoms with Crippen LogP contribution in [-0.2, 0) is 11.3 Å². The van der Waals surface area contributed by atoms with E-state index in [1.807, 2.05) is 11.0 Å². The van der Waals surface area contributed by atoms with E-state index in [1.165, 1.54) is 12.1 Å². The lowest BCUT2D eigenvalue weighted by atomic mass is 9.96. The van der Waals surface area contributed by atoms with Gasteiger partial charge in [-0.15, -0.1) is 0 Å². The van der Waals surface area contributed by atoms with Crippen molar-refractivity contribution in [2.45, 2.75) is 31.4 Å². The first-order chi connectivity index (χ1) is 13.9. The fourth-order valence-electron chi connectivity index (χ4n) is 3.37. The van der Waals surface area contributed by atoms with Crippen LogP contribution in [-0.4, -0.2) is 47.8 Å². The molecule has 2 N–H and O–H groups in total. The first-order valence-electron chi connectivity index (χ1n) is 9.76. The number of hydrogen-bond acceptors (Lipinski definition) is 4. The van der Waals surface area contributed by atoms with Gasteiger partial charge in [0, 0.05) is 18.1 Å². The van der Waals surface area contributed by atoms with E-state index < -0.39 is 5.60 Å². The molecular weight excluding hydrogens is 395 g/mol. The number of nitrogens with one attached hydrogen (secondary N) is 1. The summed E-state index contributed by atoms with van der Waals surface area (Å²) in [7, 11) is 0. The van der Waals surface area contributed by atoms with Crippen LogP contribution in [0.1, 0.15) is 24.8 Å².